The zero-order valence-corrected chi connectivity index (χ0v) is 9.32. The van der Waals surface area contributed by atoms with Crippen LogP contribution in [0.25, 0.3) is 0 Å². The maximum Gasteiger partial charge on any atom is 0.307 e. The number of fused-ring (bicyclic) bond motifs is 5. The number of aliphatic carboxylic acids is 2. The summed E-state index contributed by atoms with van der Waals surface area (Å²) in [6.45, 7) is 0. The molecule has 94 valence electrons. The second-order valence-electron chi connectivity index (χ2n) is 5.74. The molecule has 0 aliphatic heterocycles. The van der Waals surface area contributed by atoms with Crippen LogP contribution in [0.15, 0.2) is 0 Å². The molecule has 0 spiro atoms. The molecule has 0 aromatic rings. The Bertz CT molecular complexity index is 345. The van der Waals surface area contributed by atoms with Gasteiger partial charge in [0.1, 0.15) is 0 Å². The van der Waals surface area contributed by atoms with E-state index in [1.165, 1.54) is 0 Å². The van der Waals surface area contributed by atoms with Crippen LogP contribution in [0.4, 0.5) is 0 Å². The SMILES string of the molecule is O=C(O)C1C2CC(C3CC(O)CC32)C1C(=O)O. The Labute approximate surface area is 98.4 Å². The second kappa shape index (κ2) is 3.45. The highest BCUT2D eigenvalue weighted by Crippen LogP contribution is 2.63. The van der Waals surface area contributed by atoms with E-state index in [1.54, 1.807) is 0 Å². The average molecular weight is 240 g/mol. The molecule has 6 atom stereocenters. The summed E-state index contributed by atoms with van der Waals surface area (Å²) in [7, 11) is 0. The van der Waals surface area contributed by atoms with Crippen LogP contribution < -0.4 is 0 Å². The number of hydrogen-bond donors (Lipinski definition) is 3. The van der Waals surface area contributed by atoms with Crippen LogP contribution in [-0.2, 0) is 9.59 Å². The molecular formula is C12H16O5. The van der Waals surface area contributed by atoms with E-state index in [0.717, 1.165) is 6.42 Å². The highest BCUT2D eigenvalue weighted by atomic mass is 16.4. The molecule has 0 aromatic carbocycles. The van der Waals surface area contributed by atoms with Gasteiger partial charge in [-0.2, -0.15) is 0 Å². The van der Waals surface area contributed by atoms with Gasteiger partial charge in [-0.1, -0.05) is 0 Å². The molecule has 3 fully saturated rings. The lowest BCUT2D eigenvalue weighted by Crippen LogP contribution is -2.40. The van der Waals surface area contributed by atoms with Gasteiger partial charge in [0.15, 0.2) is 0 Å². The Morgan fingerprint density at radius 2 is 1.18 bits per heavy atom. The highest BCUT2D eigenvalue weighted by molar-refractivity contribution is 5.82. The fourth-order valence-corrected chi connectivity index (χ4v) is 4.75. The van der Waals surface area contributed by atoms with Crippen molar-refractivity contribution in [2.75, 3.05) is 0 Å². The van der Waals surface area contributed by atoms with Gasteiger partial charge in [0, 0.05) is 0 Å². The second-order valence-corrected chi connectivity index (χ2v) is 5.74. The molecule has 0 radical (unpaired) electrons. The van der Waals surface area contributed by atoms with Gasteiger partial charge in [-0.3, -0.25) is 9.59 Å². The van der Waals surface area contributed by atoms with E-state index in [1.807, 2.05) is 0 Å². The van der Waals surface area contributed by atoms with E-state index in [4.69, 9.17) is 0 Å². The Morgan fingerprint density at radius 3 is 1.53 bits per heavy atom. The molecule has 0 aromatic heterocycles. The first-order chi connectivity index (χ1) is 8.00. The molecule has 5 heteroatoms. The first-order valence-corrected chi connectivity index (χ1v) is 6.14. The summed E-state index contributed by atoms with van der Waals surface area (Å²) < 4.78 is 0. The van der Waals surface area contributed by atoms with Gasteiger partial charge in [-0.15, -0.1) is 0 Å². The van der Waals surface area contributed by atoms with E-state index in [0.29, 0.717) is 12.8 Å². The van der Waals surface area contributed by atoms with Gasteiger partial charge in [-0.05, 0) is 42.9 Å². The van der Waals surface area contributed by atoms with Crippen molar-refractivity contribution in [3.05, 3.63) is 0 Å². The first kappa shape index (κ1) is 11.0. The van der Waals surface area contributed by atoms with Crippen LogP contribution in [0.2, 0.25) is 0 Å². The minimum absolute atomic E-state index is 0.0410. The third-order valence-corrected chi connectivity index (χ3v) is 5.16. The summed E-state index contributed by atoms with van der Waals surface area (Å²) in [4.78, 5) is 22.5. The lowest BCUT2D eigenvalue weighted by Gasteiger charge is -2.33. The molecule has 17 heavy (non-hydrogen) atoms. The predicted molar refractivity (Wildman–Crippen MR) is 56.1 cm³/mol. The van der Waals surface area contributed by atoms with E-state index < -0.39 is 23.8 Å². The fraction of sp³-hybridized carbons (Fsp3) is 0.833. The first-order valence-electron chi connectivity index (χ1n) is 6.14. The number of aliphatic hydroxyl groups excluding tert-OH is 1. The largest absolute Gasteiger partial charge is 0.481 e. The van der Waals surface area contributed by atoms with Crippen LogP contribution in [0, 0.1) is 35.5 Å². The van der Waals surface area contributed by atoms with E-state index in [-0.39, 0.29) is 29.8 Å². The normalized spacial score (nSPS) is 51.5. The van der Waals surface area contributed by atoms with Crippen LogP contribution in [0.1, 0.15) is 19.3 Å². The molecule has 3 rings (SSSR count). The van der Waals surface area contributed by atoms with Crippen molar-refractivity contribution in [1.29, 1.82) is 0 Å². The van der Waals surface area contributed by atoms with Gasteiger partial charge in [0.05, 0.1) is 17.9 Å². The van der Waals surface area contributed by atoms with E-state index in [2.05, 4.69) is 0 Å². The molecular weight excluding hydrogens is 224 g/mol. The average Bonchev–Trinajstić information content (AvgIpc) is 2.83. The number of carboxylic acid groups (broad SMARTS) is 2. The monoisotopic (exact) mass is 240 g/mol. The molecule has 6 unspecified atom stereocenters. The highest BCUT2D eigenvalue weighted by Gasteiger charge is 2.64. The molecule has 5 nitrogen and oxygen atoms in total. The molecule has 2 bridgehead atoms. The minimum atomic E-state index is -0.982. The summed E-state index contributed by atoms with van der Waals surface area (Å²) in [5.41, 5.74) is 0. The molecule has 3 aliphatic rings. The van der Waals surface area contributed by atoms with Gasteiger partial charge < -0.3 is 15.3 Å². The third kappa shape index (κ3) is 1.35. The van der Waals surface area contributed by atoms with Crippen molar-refractivity contribution in [3.8, 4) is 0 Å². The van der Waals surface area contributed by atoms with Gasteiger partial charge in [-0.25, -0.2) is 0 Å². The van der Waals surface area contributed by atoms with Gasteiger partial charge in [0.25, 0.3) is 0 Å². The Hall–Kier alpha value is -1.10. The maximum absolute atomic E-state index is 11.3. The third-order valence-electron chi connectivity index (χ3n) is 5.16. The molecule has 3 N–H and O–H groups in total. The number of carboxylic acids is 2. The summed E-state index contributed by atoms with van der Waals surface area (Å²) in [5, 5.41) is 28.1. The van der Waals surface area contributed by atoms with Crippen molar-refractivity contribution < 1.29 is 24.9 Å². The summed E-state index contributed by atoms with van der Waals surface area (Å²) in [6.07, 6.45) is 1.66. The van der Waals surface area contributed by atoms with Crippen LogP contribution in [-0.4, -0.2) is 33.4 Å². The lowest BCUT2D eigenvalue weighted by atomic mass is 9.69. The predicted octanol–water partition coefficient (Wildman–Crippen LogP) is 0.425. The standard InChI is InChI=1S/C12H16O5/c13-4-1-5-6(2-4)8-3-7(5)9(11(14)15)10(8)12(16)17/h4-10,13H,1-3H2,(H,14,15)(H,16,17). The maximum atomic E-state index is 11.3. The van der Waals surface area contributed by atoms with Gasteiger partial charge in [0.2, 0.25) is 0 Å². The van der Waals surface area contributed by atoms with Crippen molar-refractivity contribution in [1.82, 2.24) is 0 Å². The van der Waals surface area contributed by atoms with Crippen molar-refractivity contribution in [3.63, 3.8) is 0 Å². The quantitative estimate of drug-likeness (QED) is 0.650. The summed E-state index contributed by atoms with van der Waals surface area (Å²) in [6, 6.07) is 0. The lowest BCUT2D eigenvalue weighted by molar-refractivity contribution is -0.158. The molecule has 3 aliphatic carbocycles. The number of aliphatic hydroxyl groups is 1. The molecule has 0 saturated heterocycles. The van der Waals surface area contributed by atoms with E-state index in [9.17, 15) is 24.9 Å². The number of hydrogen-bond acceptors (Lipinski definition) is 3. The summed E-state index contributed by atoms with van der Waals surface area (Å²) in [5.74, 6) is -3.08. The van der Waals surface area contributed by atoms with E-state index >= 15 is 0 Å². The Balaban J connectivity index is 1.93. The van der Waals surface area contributed by atoms with Crippen molar-refractivity contribution in [2.24, 2.45) is 35.5 Å². The Kier molecular flexibility index (Phi) is 2.23. The summed E-state index contributed by atoms with van der Waals surface area (Å²) >= 11 is 0. The molecule has 0 amide bonds. The Morgan fingerprint density at radius 1 is 0.765 bits per heavy atom. The number of carbonyl (C=O) groups is 2. The zero-order valence-electron chi connectivity index (χ0n) is 9.32. The van der Waals surface area contributed by atoms with Crippen LogP contribution in [0.5, 0.6) is 0 Å². The fourth-order valence-electron chi connectivity index (χ4n) is 4.75. The molecule has 0 heterocycles. The smallest absolute Gasteiger partial charge is 0.307 e. The molecule has 3 saturated carbocycles. The zero-order chi connectivity index (χ0) is 12.3. The van der Waals surface area contributed by atoms with Gasteiger partial charge >= 0.3 is 11.9 Å². The van der Waals surface area contributed by atoms with Crippen molar-refractivity contribution >= 4 is 11.9 Å². The van der Waals surface area contributed by atoms with Crippen molar-refractivity contribution in [2.45, 2.75) is 25.4 Å². The number of rotatable bonds is 2. The van der Waals surface area contributed by atoms with Crippen LogP contribution in [0.3, 0.4) is 0 Å². The topological polar surface area (TPSA) is 94.8 Å². The van der Waals surface area contributed by atoms with Crippen LogP contribution >= 0.6 is 0 Å². The minimum Gasteiger partial charge on any atom is -0.481 e.